The lowest BCUT2D eigenvalue weighted by molar-refractivity contribution is -0.0126. The van der Waals surface area contributed by atoms with Crippen molar-refractivity contribution < 1.29 is 23.1 Å². The Morgan fingerprint density at radius 3 is 2.67 bits per heavy atom. The van der Waals surface area contributed by atoms with Crippen LogP contribution in [0, 0.1) is 13.8 Å². The first kappa shape index (κ1) is 22.8. The van der Waals surface area contributed by atoms with E-state index in [1.807, 2.05) is 19.9 Å². The largest absolute Gasteiger partial charge is 0.478 e. The molecule has 0 spiro atoms. The Labute approximate surface area is 189 Å². The summed E-state index contributed by atoms with van der Waals surface area (Å²) in [5, 5.41) is 13.1. The Morgan fingerprint density at radius 2 is 1.97 bits per heavy atom. The van der Waals surface area contributed by atoms with Crippen molar-refractivity contribution in [2.24, 2.45) is 0 Å². The number of aromatic carboxylic acids is 1. The average Bonchev–Trinajstić information content (AvgIpc) is 2.75. The first-order chi connectivity index (χ1) is 15.6. The van der Waals surface area contributed by atoms with Crippen LogP contribution in [0.2, 0.25) is 0 Å². The zero-order valence-electron chi connectivity index (χ0n) is 18.7. The molecule has 1 aromatic heterocycles. The molecule has 174 valence electrons. The van der Waals surface area contributed by atoms with Crippen molar-refractivity contribution in [1.82, 2.24) is 0 Å². The standard InChI is InChI=1S/C25H26F2N2O4/c1-14-11-18(16(3)28-20-8-5-4-7-17(20)24(31)32)22-19(12-14)21(30)15(2)23(33-22)29-10-6-9-25(26,27)13-29/h4-5,7-8,11-12,16,28H,6,9-10,13H2,1-3H3,(H,31,32)/t16-/m1/s1. The molecule has 6 nitrogen and oxygen atoms in total. The van der Waals surface area contributed by atoms with Gasteiger partial charge in [-0.1, -0.05) is 18.2 Å². The van der Waals surface area contributed by atoms with Gasteiger partial charge in [0.25, 0.3) is 5.92 Å². The number of carboxylic acid groups (broad SMARTS) is 1. The summed E-state index contributed by atoms with van der Waals surface area (Å²) >= 11 is 0. The van der Waals surface area contributed by atoms with Crippen LogP contribution < -0.4 is 15.6 Å². The first-order valence-electron chi connectivity index (χ1n) is 10.9. The molecule has 1 atom stereocenters. The molecule has 3 aromatic rings. The maximum Gasteiger partial charge on any atom is 0.337 e. The van der Waals surface area contributed by atoms with Crippen LogP contribution in [0.1, 0.15) is 52.9 Å². The van der Waals surface area contributed by atoms with Crippen molar-refractivity contribution in [1.29, 1.82) is 0 Å². The smallest absolute Gasteiger partial charge is 0.337 e. The van der Waals surface area contributed by atoms with Crippen LogP contribution in [0.25, 0.3) is 11.0 Å². The van der Waals surface area contributed by atoms with Crippen LogP contribution in [-0.2, 0) is 0 Å². The van der Waals surface area contributed by atoms with E-state index in [0.717, 1.165) is 5.56 Å². The monoisotopic (exact) mass is 456 g/mol. The highest BCUT2D eigenvalue weighted by molar-refractivity contribution is 5.94. The summed E-state index contributed by atoms with van der Waals surface area (Å²) in [5.74, 6) is -3.74. The molecule has 1 saturated heterocycles. The molecule has 1 fully saturated rings. The first-order valence-corrected chi connectivity index (χ1v) is 10.9. The quantitative estimate of drug-likeness (QED) is 0.526. The zero-order valence-corrected chi connectivity index (χ0v) is 18.7. The third-order valence-corrected chi connectivity index (χ3v) is 6.04. The predicted octanol–water partition coefficient (Wildman–Crippen LogP) is 5.52. The number of anilines is 2. The van der Waals surface area contributed by atoms with Crippen molar-refractivity contribution in [3.8, 4) is 0 Å². The highest BCUT2D eigenvalue weighted by atomic mass is 19.3. The zero-order chi connectivity index (χ0) is 23.9. The number of carbonyl (C=O) groups is 1. The van der Waals surface area contributed by atoms with E-state index in [1.54, 1.807) is 31.2 Å². The van der Waals surface area contributed by atoms with Gasteiger partial charge >= 0.3 is 5.97 Å². The third kappa shape index (κ3) is 4.42. The molecule has 2 heterocycles. The van der Waals surface area contributed by atoms with E-state index < -0.39 is 24.5 Å². The number of rotatable bonds is 5. The summed E-state index contributed by atoms with van der Waals surface area (Å²) in [6, 6.07) is 9.70. The van der Waals surface area contributed by atoms with Gasteiger partial charge in [0.1, 0.15) is 5.58 Å². The average molecular weight is 456 g/mol. The van der Waals surface area contributed by atoms with Gasteiger partial charge in [0, 0.05) is 24.2 Å². The minimum atomic E-state index is -2.84. The van der Waals surface area contributed by atoms with Gasteiger partial charge in [0.2, 0.25) is 5.88 Å². The Balaban J connectivity index is 1.83. The minimum absolute atomic E-state index is 0.120. The Morgan fingerprint density at radius 1 is 1.24 bits per heavy atom. The van der Waals surface area contributed by atoms with Gasteiger partial charge in [-0.15, -0.1) is 0 Å². The van der Waals surface area contributed by atoms with E-state index >= 15 is 0 Å². The second kappa shape index (κ2) is 8.50. The van der Waals surface area contributed by atoms with Gasteiger partial charge in [0.05, 0.1) is 29.1 Å². The van der Waals surface area contributed by atoms with E-state index in [4.69, 9.17) is 4.42 Å². The number of fused-ring (bicyclic) bond motifs is 1. The van der Waals surface area contributed by atoms with Crippen LogP contribution in [0.15, 0.2) is 45.6 Å². The van der Waals surface area contributed by atoms with Crippen molar-refractivity contribution in [2.45, 2.75) is 45.6 Å². The van der Waals surface area contributed by atoms with E-state index in [-0.39, 0.29) is 23.3 Å². The topological polar surface area (TPSA) is 82.8 Å². The molecule has 0 unspecified atom stereocenters. The molecular formula is C25H26F2N2O4. The molecule has 1 aliphatic heterocycles. The Bertz CT molecular complexity index is 1290. The molecule has 33 heavy (non-hydrogen) atoms. The number of aryl methyl sites for hydroxylation is 1. The van der Waals surface area contributed by atoms with Gasteiger partial charge in [-0.25, -0.2) is 13.6 Å². The predicted molar refractivity (Wildman–Crippen MR) is 124 cm³/mol. The normalized spacial score (nSPS) is 16.6. The summed E-state index contributed by atoms with van der Waals surface area (Å²) in [6.07, 6.45) is 0.119. The molecule has 0 radical (unpaired) electrons. The maximum atomic E-state index is 14.1. The number of alkyl halides is 2. The summed E-state index contributed by atoms with van der Waals surface area (Å²) in [6.45, 7) is 5.17. The lowest BCUT2D eigenvalue weighted by atomic mass is 9.99. The van der Waals surface area contributed by atoms with E-state index in [1.165, 1.54) is 11.0 Å². The fraction of sp³-hybridized carbons (Fsp3) is 0.360. The highest BCUT2D eigenvalue weighted by Crippen LogP contribution is 2.35. The molecule has 0 bridgehead atoms. The lowest BCUT2D eigenvalue weighted by Gasteiger charge is -2.33. The number of para-hydroxylation sites is 1. The van der Waals surface area contributed by atoms with Gasteiger partial charge in [-0.2, -0.15) is 0 Å². The number of hydrogen-bond acceptors (Lipinski definition) is 5. The summed E-state index contributed by atoms with van der Waals surface area (Å²) < 4.78 is 34.3. The van der Waals surface area contributed by atoms with E-state index in [0.29, 0.717) is 40.7 Å². The van der Waals surface area contributed by atoms with Gasteiger partial charge in [-0.3, -0.25) is 4.79 Å². The SMILES string of the molecule is Cc1cc([C@@H](C)Nc2ccccc2C(=O)O)c2oc(N3CCCC(F)(F)C3)c(C)c(=O)c2c1. The number of nitrogens with zero attached hydrogens (tertiary/aromatic N) is 1. The number of carboxylic acids is 1. The van der Waals surface area contributed by atoms with Gasteiger partial charge in [0.15, 0.2) is 5.43 Å². The van der Waals surface area contributed by atoms with Crippen LogP contribution >= 0.6 is 0 Å². The van der Waals surface area contributed by atoms with Crippen molar-refractivity contribution >= 4 is 28.5 Å². The fourth-order valence-electron chi connectivity index (χ4n) is 4.43. The molecule has 0 saturated carbocycles. The molecule has 2 aromatic carbocycles. The third-order valence-electron chi connectivity index (χ3n) is 6.04. The molecule has 0 amide bonds. The Kier molecular flexibility index (Phi) is 5.86. The summed E-state index contributed by atoms with van der Waals surface area (Å²) in [5.41, 5.74) is 2.38. The van der Waals surface area contributed by atoms with Crippen LogP contribution in [-0.4, -0.2) is 30.1 Å². The summed E-state index contributed by atoms with van der Waals surface area (Å²) in [4.78, 5) is 26.2. The second-order valence-corrected chi connectivity index (χ2v) is 8.69. The second-order valence-electron chi connectivity index (χ2n) is 8.69. The van der Waals surface area contributed by atoms with Crippen molar-refractivity contribution in [3.63, 3.8) is 0 Å². The molecular weight excluding hydrogens is 430 g/mol. The fourth-order valence-corrected chi connectivity index (χ4v) is 4.43. The lowest BCUT2D eigenvalue weighted by Crippen LogP contribution is -2.43. The molecule has 1 aliphatic rings. The van der Waals surface area contributed by atoms with E-state index in [9.17, 15) is 23.5 Å². The number of nitrogens with one attached hydrogen (secondary N) is 1. The number of benzene rings is 2. The molecule has 0 aliphatic carbocycles. The highest BCUT2D eigenvalue weighted by Gasteiger charge is 2.37. The van der Waals surface area contributed by atoms with Crippen LogP contribution in [0.3, 0.4) is 0 Å². The summed E-state index contributed by atoms with van der Waals surface area (Å²) in [7, 11) is 0. The molecule has 2 N–H and O–H groups in total. The Hall–Kier alpha value is -3.42. The number of piperidine rings is 1. The number of halogens is 2. The van der Waals surface area contributed by atoms with Crippen molar-refractivity contribution in [2.75, 3.05) is 23.3 Å². The maximum absolute atomic E-state index is 14.1. The van der Waals surface area contributed by atoms with Gasteiger partial charge in [-0.05, 0) is 51.0 Å². The van der Waals surface area contributed by atoms with Crippen LogP contribution in [0.5, 0.6) is 0 Å². The number of hydrogen-bond donors (Lipinski definition) is 2. The molecule has 8 heteroatoms. The minimum Gasteiger partial charge on any atom is -0.478 e. The van der Waals surface area contributed by atoms with Crippen molar-refractivity contribution in [3.05, 3.63) is 68.9 Å². The van der Waals surface area contributed by atoms with Crippen LogP contribution in [0.4, 0.5) is 20.4 Å². The molecule has 4 rings (SSSR count). The van der Waals surface area contributed by atoms with E-state index in [2.05, 4.69) is 5.32 Å². The van der Waals surface area contributed by atoms with Gasteiger partial charge < -0.3 is 19.7 Å².